The lowest BCUT2D eigenvalue weighted by Gasteiger charge is -2.03. The third kappa shape index (κ3) is 2.26. The number of aryl methyl sites for hydroxylation is 1. The van der Waals surface area contributed by atoms with E-state index in [1.165, 1.54) is 13.3 Å². The quantitative estimate of drug-likeness (QED) is 0.794. The number of halogens is 1. The van der Waals surface area contributed by atoms with Gasteiger partial charge >= 0.3 is 0 Å². The fourth-order valence-corrected chi connectivity index (χ4v) is 2.20. The molecule has 1 aromatic carbocycles. The molecule has 3 rings (SSSR count). The van der Waals surface area contributed by atoms with Crippen molar-refractivity contribution in [2.24, 2.45) is 0 Å². The minimum absolute atomic E-state index is 0.187. The average molecular weight is 287 g/mol. The van der Waals surface area contributed by atoms with Gasteiger partial charge in [0.15, 0.2) is 17.4 Å². The third-order valence-corrected chi connectivity index (χ3v) is 3.17. The van der Waals surface area contributed by atoms with E-state index in [2.05, 4.69) is 15.1 Å². The van der Waals surface area contributed by atoms with E-state index < -0.39 is 6.67 Å². The molecule has 6 nitrogen and oxygen atoms in total. The molecule has 0 saturated carbocycles. The largest absolute Gasteiger partial charge is 0.491 e. The zero-order valence-electron chi connectivity index (χ0n) is 11.5. The van der Waals surface area contributed by atoms with Crippen LogP contribution in [-0.2, 0) is 6.54 Å². The van der Waals surface area contributed by atoms with Crippen molar-refractivity contribution in [1.82, 2.24) is 19.7 Å². The molecule has 0 spiro atoms. The highest BCUT2D eigenvalue weighted by atomic mass is 19.1. The number of nitrogen functional groups attached to an aromatic ring is 1. The first-order valence-corrected chi connectivity index (χ1v) is 6.43. The molecule has 2 aromatic heterocycles. The van der Waals surface area contributed by atoms with Gasteiger partial charge in [0.2, 0.25) is 0 Å². The summed E-state index contributed by atoms with van der Waals surface area (Å²) in [4.78, 5) is 8.43. The molecule has 0 unspecified atom stereocenters. The van der Waals surface area contributed by atoms with Crippen molar-refractivity contribution < 1.29 is 9.13 Å². The van der Waals surface area contributed by atoms with Crippen LogP contribution in [0.1, 0.15) is 0 Å². The molecule has 0 saturated heterocycles. The number of nitrogens with zero attached hydrogens (tertiary/aromatic N) is 4. The van der Waals surface area contributed by atoms with E-state index in [0.29, 0.717) is 17.3 Å². The number of para-hydroxylation sites is 1. The molecule has 0 amide bonds. The van der Waals surface area contributed by atoms with Crippen LogP contribution in [0.3, 0.4) is 0 Å². The Kier molecular flexibility index (Phi) is 3.39. The SMILES string of the molecule is COc1cnc(-c2nn(CCF)c3ccccc23)nc1N. The van der Waals surface area contributed by atoms with Crippen LogP contribution in [0.5, 0.6) is 5.75 Å². The first-order chi connectivity index (χ1) is 10.2. The summed E-state index contributed by atoms with van der Waals surface area (Å²) in [7, 11) is 1.50. The van der Waals surface area contributed by atoms with E-state index >= 15 is 0 Å². The Hall–Kier alpha value is -2.70. The molecule has 0 aliphatic rings. The van der Waals surface area contributed by atoms with Crippen molar-refractivity contribution in [3.63, 3.8) is 0 Å². The number of nitrogens with two attached hydrogens (primary N) is 1. The van der Waals surface area contributed by atoms with Crippen LogP contribution in [0.15, 0.2) is 30.5 Å². The lowest BCUT2D eigenvalue weighted by atomic mass is 10.2. The Balaban J connectivity index is 2.18. The third-order valence-electron chi connectivity index (χ3n) is 3.17. The molecule has 7 heteroatoms. The predicted octanol–water partition coefficient (Wildman–Crippen LogP) is 2.05. The Morgan fingerprint density at radius 2 is 2.14 bits per heavy atom. The maximum Gasteiger partial charge on any atom is 0.182 e. The van der Waals surface area contributed by atoms with E-state index in [-0.39, 0.29) is 12.4 Å². The number of ether oxygens (including phenoxy) is 1. The topological polar surface area (TPSA) is 78.9 Å². The summed E-state index contributed by atoms with van der Waals surface area (Å²) in [6, 6.07) is 7.55. The molecule has 2 N–H and O–H groups in total. The molecular weight excluding hydrogens is 273 g/mol. The van der Waals surface area contributed by atoms with Crippen LogP contribution in [0.2, 0.25) is 0 Å². The number of rotatable bonds is 4. The number of alkyl halides is 1. The molecule has 108 valence electrons. The summed E-state index contributed by atoms with van der Waals surface area (Å²) in [5, 5.41) is 5.26. The maximum absolute atomic E-state index is 12.7. The van der Waals surface area contributed by atoms with Gasteiger partial charge in [-0.25, -0.2) is 14.4 Å². The molecule has 2 heterocycles. The van der Waals surface area contributed by atoms with Crippen LogP contribution in [0.4, 0.5) is 10.2 Å². The Labute approximate surface area is 120 Å². The van der Waals surface area contributed by atoms with E-state index in [1.807, 2.05) is 24.3 Å². The maximum atomic E-state index is 12.7. The fourth-order valence-electron chi connectivity index (χ4n) is 2.20. The molecule has 0 fully saturated rings. The van der Waals surface area contributed by atoms with Crippen LogP contribution in [0.25, 0.3) is 22.4 Å². The zero-order chi connectivity index (χ0) is 14.8. The van der Waals surface area contributed by atoms with Gasteiger partial charge in [-0.3, -0.25) is 4.68 Å². The van der Waals surface area contributed by atoms with E-state index in [4.69, 9.17) is 10.5 Å². The second kappa shape index (κ2) is 5.35. The fraction of sp³-hybridized carbons (Fsp3) is 0.214. The van der Waals surface area contributed by atoms with Crippen LogP contribution in [-0.4, -0.2) is 33.5 Å². The summed E-state index contributed by atoms with van der Waals surface area (Å²) in [5.41, 5.74) is 7.22. The van der Waals surface area contributed by atoms with E-state index in [1.54, 1.807) is 4.68 Å². The van der Waals surface area contributed by atoms with Crippen LogP contribution < -0.4 is 10.5 Å². The predicted molar refractivity (Wildman–Crippen MR) is 77.7 cm³/mol. The van der Waals surface area contributed by atoms with Gasteiger partial charge in [0.1, 0.15) is 12.4 Å². The number of aromatic nitrogens is 4. The van der Waals surface area contributed by atoms with Gasteiger partial charge in [-0.05, 0) is 6.07 Å². The molecule has 3 aromatic rings. The second-order valence-electron chi connectivity index (χ2n) is 4.43. The van der Waals surface area contributed by atoms with Crippen molar-refractivity contribution in [3.8, 4) is 17.3 Å². The number of fused-ring (bicyclic) bond motifs is 1. The summed E-state index contributed by atoms with van der Waals surface area (Å²) >= 11 is 0. The van der Waals surface area contributed by atoms with Crippen LogP contribution in [0, 0.1) is 0 Å². The minimum Gasteiger partial charge on any atom is -0.491 e. The number of hydrogen-bond donors (Lipinski definition) is 1. The molecule has 21 heavy (non-hydrogen) atoms. The van der Waals surface area contributed by atoms with Crippen LogP contribution >= 0.6 is 0 Å². The Morgan fingerprint density at radius 1 is 1.33 bits per heavy atom. The molecule has 0 aliphatic carbocycles. The highest BCUT2D eigenvalue weighted by Crippen LogP contribution is 2.27. The lowest BCUT2D eigenvalue weighted by Crippen LogP contribution is -2.03. The highest BCUT2D eigenvalue weighted by molar-refractivity contribution is 5.91. The van der Waals surface area contributed by atoms with Crippen molar-refractivity contribution in [1.29, 1.82) is 0 Å². The monoisotopic (exact) mass is 287 g/mol. The zero-order valence-corrected chi connectivity index (χ0v) is 11.5. The summed E-state index contributed by atoms with van der Waals surface area (Å²) in [5.74, 6) is 1.04. The summed E-state index contributed by atoms with van der Waals surface area (Å²) in [6.07, 6.45) is 1.50. The normalized spacial score (nSPS) is 11.0. The van der Waals surface area contributed by atoms with Crippen molar-refractivity contribution >= 4 is 16.7 Å². The van der Waals surface area contributed by atoms with E-state index in [0.717, 1.165) is 10.9 Å². The molecular formula is C14H14FN5O. The molecule has 0 atom stereocenters. The van der Waals surface area contributed by atoms with E-state index in [9.17, 15) is 4.39 Å². The van der Waals surface area contributed by atoms with Gasteiger partial charge in [-0.2, -0.15) is 5.10 Å². The van der Waals surface area contributed by atoms with Gasteiger partial charge in [-0.1, -0.05) is 18.2 Å². The average Bonchev–Trinajstić information content (AvgIpc) is 2.87. The smallest absolute Gasteiger partial charge is 0.182 e. The van der Waals surface area contributed by atoms with Crippen molar-refractivity contribution in [2.75, 3.05) is 19.5 Å². The van der Waals surface area contributed by atoms with Gasteiger partial charge in [0.05, 0.1) is 25.4 Å². The number of anilines is 1. The number of benzene rings is 1. The highest BCUT2D eigenvalue weighted by Gasteiger charge is 2.15. The molecule has 0 radical (unpaired) electrons. The molecule has 0 aliphatic heterocycles. The van der Waals surface area contributed by atoms with Gasteiger partial charge < -0.3 is 10.5 Å². The second-order valence-corrected chi connectivity index (χ2v) is 4.43. The Bertz CT molecular complexity index is 786. The first-order valence-electron chi connectivity index (χ1n) is 6.43. The van der Waals surface area contributed by atoms with Gasteiger partial charge in [-0.15, -0.1) is 0 Å². The van der Waals surface area contributed by atoms with Gasteiger partial charge in [0.25, 0.3) is 0 Å². The minimum atomic E-state index is -0.489. The number of hydrogen-bond acceptors (Lipinski definition) is 5. The lowest BCUT2D eigenvalue weighted by molar-refractivity contribution is 0.413. The van der Waals surface area contributed by atoms with Crippen molar-refractivity contribution in [2.45, 2.75) is 6.54 Å². The number of methoxy groups -OCH3 is 1. The summed E-state index contributed by atoms with van der Waals surface area (Å²) in [6.45, 7) is -0.303. The molecule has 0 bridgehead atoms. The standard InChI is InChI=1S/C14H14FN5O/c1-21-11-8-17-14(18-13(11)16)12-9-4-2-3-5-10(9)20(19-12)7-6-15/h2-5,8H,6-7H2,1H3,(H2,16,17,18). The van der Waals surface area contributed by atoms with Crippen molar-refractivity contribution in [3.05, 3.63) is 30.5 Å². The van der Waals surface area contributed by atoms with Gasteiger partial charge in [0, 0.05) is 5.39 Å². The Morgan fingerprint density at radius 3 is 2.86 bits per heavy atom. The first kappa shape index (κ1) is 13.3. The summed E-state index contributed by atoms with van der Waals surface area (Å²) < 4.78 is 19.3.